The van der Waals surface area contributed by atoms with E-state index in [2.05, 4.69) is 4.72 Å². The van der Waals surface area contributed by atoms with E-state index < -0.39 is 10.0 Å². The van der Waals surface area contributed by atoms with Crippen LogP contribution >= 0.6 is 0 Å². The zero-order valence-electron chi connectivity index (χ0n) is 8.43. The minimum absolute atomic E-state index is 0.0825. The zero-order chi connectivity index (χ0) is 10.9. The SMILES string of the molecule is COc1ccc([C@@H]2CCS(=O)(=O)N2)cc1. The number of benzene rings is 1. The van der Waals surface area contributed by atoms with Crippen LogP contribution in [-0.4, -0.2) is 21.3 Å². The number of nitrogens with one attached hydrogen (secondary N) is 1. The predicted octanol–water partition coefficient (Wildman–Crippen LogP) is 1.06. The summed E-state index contributed by atoms with van der Waals surface area (Å²) in [6.45, 7) is 0. The highest BCUT2D eigenvalue weighted by Gasteiger charge is 2.27. The predicted molar refractivity (Wildman–Crippen MR) is 57.3 cm³/mol. The zero-order valence-corrected chi connectivity index (χ0v) is 9.25. The Balaban J connectivity index is 2.17. The second-order valence-corrected chi connectivity index (χ2v) is 5.42. The molecule has 0 spiro atoms. The van der Waals surface area contributed by atoms with Gasteiger partial charge in [0.15, 0.2) is 0 Å². The lowest BCUT2D eigenvalue weighted by molar-refractivity contribution is 0.414. The Labute approximate surface area is 89.3 Å². The van der Waals surface area contributed by atoms with E-state index >= 15 is 0 Å². The van der Waals surface area contributed by atoms with Crippen molar-refractivity contribution in [2.24, 2.45) is 0 Å². The maximum absolute atomic E-state index is 11.2. The molecule has 1 heterocycles. The van der Waals surface area contributed by atoms with Gasteiger partial charge < -0.3 is 4.74 Å². The van der Waals surface area contributed by atoms with Crippen molar-refractivity contribution in [3.8, 4) is 5.75 Å². The molecule has 0 unspecified atom stereocenters. The summed E-state index contributed by atoms with van der Waals surface area (Å²) in [4.78, 5) is 0. The molecule has 0 aliphatic carbocycles. The number of ether oxygens (including phenoxy) is 1. The third-order valence-electron chi connectivity index (χ3n) is 2.52. The van der Waals surface area contributed by atoms with Crippen molar-refractivity contribution in [2.75, 3.05) is 12.9 Å². The van der Waals surface area contributed by atoms with Crippen LogP contribution in [0.1, 0.15) is 18.0 Å². The van der Waals surface area contributed by atoms with Crippen LogP contribution in [0.3, 0.4) is 0 Å². The van der Waals surface area contributed by atoms with Crippen LogP contribution in [0.2, 0.25) is 0 Å². The molecule has 1 saturated heterocycles. The maximum Gasteiger partial charge on any atom is 0.212 e. The molecule has 0 radical (unpaired) electrons. The third kappa shape index (κ3) is 2.30. The first-order chi connectivity index (χ1) is 7.11. The molecule has 5 heteroatoms. The fourth-order valence-electron chi connectivity index (χ4n) is 1.68. The van der Waals surface area contributed by atoms with E-state index in [1.807, 2.05) is 24.3 Å². The van der Waals surface area contributed by atoms with Gasteiger partial charge in [-0.3, -0.25) is 0 Å². The third-order valence-corrected chi connectivity index (χ3v) is 3.93. The minimum atomic E-state index is -3.04. The summed E-state index contributed by atoms with van der Waals surface area (Å²) in [5, 5.41) is 0. The summed E-state index contributed by atoms with van der Waals surface area (Å²) < 4.78 is 30.1. The van der Waals surface area contributed by atoms with Crippen LogP contribution in [0.4, 0.5) is 0 Å². The number of sulfonamides is 1. The maximum atomic E-state index is 11.2. The minimum Gasteiger partial charge on any atom is -0.497 e. The molecule has 15 heavy (non-hydrogen) atoms. The van der Waals surface area contributed by atoms with Crippen LogP contribution in [0.15, 0.2) is 24.3 Å². The molecule has 4 nitrogen and oxygen atoms in total. The second-order valence-electron chi connectivity index (χ2n) is 3.55. The summed E-state index contributed by atoms with van der Waals surface area (Å²) in [5.74, 6) is 0.989. The van der Waals surface area contributed by atoms with Crippen molar-refractivity contribution in [1.82, 2.24) is 4.72 Å². The molecule has 0 bridgehead atoms. The van der Waals surface area contributed by atoms with Gasteiger partial charge in [0, 0.05) is 6.04 Å². The quantitative estimate of drug-likeness (QED) is 0.822. The molecule has 1 fully saturated rings. The van der Waals surface area contributed by atoms with Gasteiger partial charge in [0.25, 0.3) is 0 Å². The fourth-order valence-corrected chi connectivity index (χ4v) is 3.03. The highest BCUT2D eigenvalue weighted by Crippen LogP contribution is 2.25. The lowest BCUT2D eigenvalue weighted by Crippen LogP contribution is -2.19. The Morgan fingerprint density at radius 1 is 1.33 bits per heavy atom. The molecule has 0 aromatic heterocycles. The first kappa shape index (κ1) is 10.4. The normalized spacial score (nSPS) is 23.9. The van der Waals surface area contributed by atoms with Gasteiger partial charge in [0.1, 0.15) is 5.75 Å². The van der Waals surface area contributed by atoms with E-state index in [9.17, 15) is 8.42 Å². The number of hydrogen-bond acceptors (Lipinski definition) is 3. The molecule has 0 saturated carbocycles. The Morgan fingerprint density at radius 3 is 2.47 bits per heavy atom. The lowest BCUT2D eigenvalue weighted by atomic mass is 10.1. The van der Waals surface area contributed by atoms with Gasteiger partial charge in [0.05, 0.1) is 12.9 Å². The first-order valence-corrected chi connectivity index (χ1v) is 6.40. The van der Waals surface area contributed by atoms with Gasteiger partial charge in [-0.05, 0) is 24.1 Å². The van der Waals surface area contributed by atoms with Crippen molar-refractivity contribution in [3.63, 3.8) is 0 Å². The first-order valence-electron chi connectivity index (χ1n) is 4.75. The molecule has 82 valence electrons. The van der Waals surface area contributed by atoms with Crippen molar-refractivity contribution >= 4 is 10.0 Å². The molecule has 1 N–H and O–H groups in total. The molecule has 1 atom stereocenters. The van der Waals surface area contributed by atoms with E-state index in [1.165, 1.54) is 0 Å². The Kier molecular flexibility index (Phi) is 2.67. The van der Waals surface area contributed by atoms with Gasteiger partial charge >= 0.3 is 0 Å². The molecule has 1 aliphatic heterocycles. The summed E-state index contributed by atoms with van der Waals surface area (Å²) in [7, 11) is -1.44. The van der Waals surface area contributed by atoms with E-state index in [0.29, 0.717) is 6.42 Å². The van der Waals surface area contributed by atoms with Crippen molar-refractivity contribution < 1.29 is 13.2 Å². The Bertz CT molecular complexity index is 438. The molecular formula is C10H13NO3S. The van der Waals surface area contributed by atoms with Gasteiger partial charge in [0.2, 0.25) is 10.0 Å². The Hall–Kier alpha value is -1.07. The molecule has 2 rings (SSSR count). The fraction of sp³-hybridized carbons (Fsp3) is 0.400. The highest BCUT2D eigenvalue weighted by atomic mass is 32.2. The van der Waals surface area contributed by atoms with E-state index in [0.717, 1.165) is 11.3 Å². The summed E-state index contributed by atoms with van der Waals surface area (Å²) in [6, 6.07) is 7.36. The average Bonchev–Trinajstić information content (AvgIpc) is 2.59. The number of hydrogen-bond donors (Lipinski definition) is 1. The molecule has 0 amide bonds. The summed E-state index contributed by atoms with van der Waals surface area (Å²) in [5.41, 5.74) is 0.983. The van der Waals surface area contributed by atoms with Crippen LogP contribution in [-0.2, 0) is 10.0 Å². The lowest BCUT2D eigenvalue weighted by Gasteiger charge is -2.09. The standard InChI is InChI=1S/C10H13NO3S/c1-14-9-4-2-8(3-5-9)10-6-7-15(12,13)11-10/h2-5,10-11H,6-7H2,1H3/t10-/m0/s1. The molecule has 1 aromatic carbocycles. The van der Waals surface area contributed by atoms with E-state index in [-0.39, 0.29) is 11.8 Å². The monoisotopic (exact) mass is 227 g/mol. The van der Waals surface area contributed by atoms with Crippen LogP contribution < -0.4 is 9.46 Å². The van der Waals surface area contributed by atoms with Gasteiger partial charge in [-0.15, -0.1) is 0 Å². The molecule has 1 aliphatic rings. The number of rotatable bonds is 2. The van der Waals surface area contributed by atoms with E-state index in [4.69, 9.17) is 4.74 Å². The van der Waals surface area contributed by atoms with Gasteiger partial charge in [-0.25, -0.2) is 13.1 Å². The largest absolute Gasteiger partial charge is 0.497 e. The van der Waals surface area contributed by atoms with Crippen molar-refractivity contribution in [3.05, 3.63) is 29.8 Å². The summed E-state index contributed by atoms with van der Waals surface area (Å²) in [6.07, 6.45) is 0.634. The highest BCUT2D eigenvalue weighted by molar-refractivity contribution is 7.89. The average molecular weight is 227 g/mol. The Morgan fingerprint density at radius 2 is 2.00 bits per heavy atom. The van der Waals surface area contributed by atoms with Crippen LogP contribution in [0, 0.1) is 0 Å². The van der Waals surface area contributed by atoms with Crippen LogP contribution in [0.25, 0.3) is 0 Å². The number of methoxy groups -OCH3 is 1. The second kappa shape index (κ2) is 3.83. The molecule has 1 aromatic rings. The van der Waals surface area contributed by atoms with Crippen molar-refractivity contribution in [2.45, 2.75) is 12.5 Å². The van der Waals surface area contributed by atoms with Crippen molar-refractivity contribution in [1.29, 1.82) is 0 Å². The van der Waals surface area contributed by atoms with Crippen LogP contribution in [0.5, 0.6) is 5.75 Å². The van der Waals surface area contributed by atoms with Gasteiger partial charge in [-0.1, -0.05) is 12.1 Å². The van der Waals surface area contributed by atoms with E-state index in [1.54, 1.807) is 7.11 Å². The smallest absolute Gasteiger partial charge is 0.212 e. The van der Waals surface area contributed by atoms with Gasteiger partial charge in [-0.2, -0.15) is 0 Å². The topological polar surface area (TPSA) is 55.4 Å². The molecular weight excluding hydrogens is 214 g/mol. The summed E-state index contributed by atoms with van der Waals surface area (Å²) >= 11 is 0.